The molecule has 0 saturated heterocycles. The molecule has 296 valence electrons. The van der Waals surface area contributed by atoms with Gasteiger partial charge in [0.15, 0.2) is 0 Å². The van der Waals surface area contributed by atoms with Gasteiger partial charge in [-0.25, -0.2) is 0 Å². The van der Waals surface area contributed by atoms with Crippen LogP contribution >= 0.6 is 0 Å². The number of furan rings is 2. The standard InChI is InChI=1S/C58H42N2O2/c1-4-14-37(15-5-1)40-32-38-24-28-47-51(59(41-16-6-2-7-17-41)43-26-30-55-49(34-43)45-20-10-12-22-53(45)61-55)36-52(48-29-25-39(33-40)57(38)58(47)48)60(42-18-8-3-9-19-42)44-27-31-56-50(35-44)46-21-11-13-23-54(46)62-56/h2-3,6-13,16-37H,1,4-5,14-15H2. The molecule has 1 aliphatic carbocycles. The molecule has 0 radical (unpaired) electrons. The van der Waals surface area contributed by atoms with Gasteiger partial charge in [-0.1, -0.05) is 128 Å². The van der Waals surface area contributed by atoms with Gasteiger partial charge in [-0.2, -0.15) is 0 Å². The van der Waals surface area contributed by atoms with Gasteiger partial charge in [-0.15, -0.1) is 0 Å². The molecule has 4 nitrogen and oxygen atoms in total. The summed E-state index contributed by atoms with van der Waals surface area (Å²) in [7, 11) is 0. The number of fused-ring (bicyclic) bond motifs is 6. The second kappa shape index (κ2) is 14.0. The summed E-state index contributed by atoms with van der Waals surface area (Å²) in [5.74, 6) is 0.613. The van der Waals surface area contributed by atoms with E-state index in [0.717, 1.165) is 78.0 Å². The van der Waals surface area contributed by atoms with Crippen molar-refractivity contribution >= 4 is 110 Å². The van der Waals surface area contributed by atoms with Crippen LogP contribution in [0.3, 0.4) is 0 Å². The molecule has 0 bridgehead atoms. The van der Waals surface area contributed by atoms with Crippen LogP contribution in [0.2, 0.25) is 0 Å². The van der Waals surface area contributed by atoms with E-state index in [4.69, 9.17) is 8.83 Å². The third kappa shape index (κ3) is 5.53. The lowest BCUT2D eigenvalue weighted by Gasteiger charge is -2.32. The van der Waals surface area contributed by atoms with E-state index in [0.29, 0.717) is 5.92 Å². The highest BCUT2D eigenvalue weighted by Gasteiger charge is 2.26. The predicted octanol–water partition coefficient (Wildman–Crippen LogP) is 17.4. The monoisotopic (exact) mass is 798 g/mol. The van der Waals surface area contributed by atoms with E-state index >= 15 is 0 Å². The van der Waals surface area contributed by atoms with E-state index in [1.165, 1.54) is 70.0 Å². The van der Waals surface area contributed by atoms with Crippen LogP contribution in [0.4, 0.5) is 34.1 Å². The second-order valence-corrected chi connectivity index (χ2v) is 17.1. The molecule has 1 aliphatic rings. The van der Waals surface area contributed by atoms with Gasteiger partial charge in [0.05, 0.1) is 11.4 Å². The van der Waals surface area contributed by atoms with Crippen LogP contribution < -0.4 is 9.80 Å². The van der Waals surface area contributed by atoms with Crippen LogP contribution in [0.15, 0.2) is 197 Å². The normalized spacial score (nSPS) is 13.7. The highest BCUT2D eigenvalue weighted by molar-refractivity contribution is 6.29. The van der Waals surface area contributed by atoms with E-state index < -0.39 is 0 Å². The lowest BCUT2D eigenvalue weighted by Crippen LogP contribution is -2.14. The maximum Gasteiger partial charge on any atom is 0.135 e. The predicted molar refractivity (Wildman–Crippen MR) is 260 cm³/mol. The first-order chi connectivity index (χ1) is 30.7. The van der Waals surface area contributed by atoms with Gasteiger partial charge in [-0.3, -0.25) is 0 Å². The summed E-state index contributed by atoms with van der Waals surface area (Å²) in [6.07, 6.45) is 6.51. The Morgan fingerprint density at radius 2 is 0.806 bits per heavy atom. The summed E-state index contributed by atoms with van der Waals surface area (Å²) in [5, 5.41) is 12.0. The zero-order chi connectivity index (χ0) is 40.7. The second-order valence-electron chi connectivity index (χ2n) is 17.1. The highest BCUT2D eigenvalue weighted by atomic mass is 16.3. The summed E-state index contributed by atoms with van der Waals surface area (Å²) >= 11 is 0. The minimum atomic E-state index is 0.613. The fourth-order valence-electron chi connectivity index (χ4n) is 10.7. The lowest BCUT2D eigenvalue weighted by atomic mass is 9.82. The van der Waals surface area contributed by atoms with Gasteiger partial charge in [0.25, 0.3) is 0 Å². The maximum atomic E-state index is 6.37. The molecule has 62 heavy (non-hydrogen) atoms. The number of anilines is 6. The molecular weight excluding hydrogens is 757 g/mol. The summed E-state index contributed by atoms with van der Waals surface area (Å²) in [6, 6.07) is 68.5. The van der Waals surface area contributed by atoms with Crippen molar-refractivity contribution in [3.8, 4) is 0 Å². The van der Waals surface area contributed by atoms with Crippen LogP contribution in [0.1, 0.15) is 43.6 Å². The maximum absolute atomic E-state index is 6.37. The van der Waals surface area contributed by atoms with Gasteiger partial charge in [0.1, 0.15) is 22.3 Å². The molecular formula is C58H42N2O2. The van der Waals surface area contributed by atoms with Crippen molar-refractivity contribution in [3.05, 3.63) is 194 Å². The number of para-hydroxylation sites is 4. The Kier molecular flexibility index (Phi) is 7.96. The van der Waals surface area contributed by atoms with Gasteiger partial charge < -0.3 is 18.6 Å². The van der Waals surface area contributed by atoms with E-state index in [2.05, 4.69) is 186 Å². The Morgan fingerprint density at radius 3 is 1.32 bits per heavy atom. The minimum Gasteiger partial charge on any atom is -0.456 e. The lowest BCUT2D eigenvalue weighted by molar-refractivity contribution is 0.444. The van der Waals surface area contributed by atoms with Crippen molar-refractivity contribution in [1.29, 1.82) is 0 Å². The van der Waals surface area contributed by atoms with Crippen LogP contribution in [0.5, 0.6) is 0 Å². The molecule has 12 aromatic rings. The number of hydrogen-bond donors (Lipinski definition) is 0. The molecule has 4 heteroatoms. The molecule has 0 unspecified atom stereocenters. The molecule has 10 aromatic carbocycles. The average molecular weight is 799 g/mol. The fraction of sp³-hybridized carbons (Fsp3) is 0.103. The van der Waals surface area contributed by atoms with Crippen molar-refractivity contribution in [1.82, 2.24) is 0 Å². The summed E-state index contributed by atoms with van der Waals surface area (Å²) < 4.78 is 12.7. The molecule has 1 saturated carbocycles. The third-order valence-corrected chi connectivity index (χ3v) is 13.5. The molecule has 2 aromatic heterocycles. The molecule has 0 spiro atoms. The van der Waals surface area contributed by atoms with Crippen molar-refractivity contribution in [3.63, 3.8) is 0 Å². The zero-order valence-electron chi connectivity index (χ0n) is 34.2. The van der Waals surface area contributed by atoms with Crippen molar-refractivity contribution in [2.24, 2.45) is 0 Å². The average Bonchev–Trinajstić information content (AvgIpc) is 3.90. The fourth-order valence-corrected chi connectivity index (χ4v) is 10.7. The number of rotatable bonds is 7. The van der Waals surface area contributed by atoms with E-state index in [-0.39, 0.29) is 0 Å². The van der Waals surface area contributed by atoms with Gasteiger partial charge in [0, 0.05) is 60.5 Å². The topological polar surface area (TPSA) is 32.8 Å². The highest BCUT2D eigenvalue weighted by Crippen LogP contribution is 2.51. The van der Waals surface area contributed by atoms with E-state index in [1.54, 1.807) is 0 Å². The van der Waals surface area contributed by atoms with E-state index in [9.17, 15) is 0 Å². The molecule has 0 N–H and O–H groups in total. The van der Waals surface area contributed by atoms with Gasteiger partial charge in [-0.05, 0) is 119 Å². The molecule has 2 heterocycles. The largest absolute Gasteiger partial charge is 0.456 e. The number of nitrogens with zero attached hydrogens (tertiary/aromatic N) is 2. The SMILES string of the molecule is c1ccc(N(c2ccc3oc4ccccc4c3c2)c2cc(N(c3ccccc3)c3ccc4oc5ccccc5c4c3)c3ccc4cc(C5CCCCC5)cc5ccc2c3c54)cc1. The van der Waals surface area contributed by atoms with E-state index in [1.807, 2.05) is 12.1 Å². The number of benzene rings is 10. The van der Waals surface area contributed by atoms with Crippen molar-refractivity contribution < 1.29 is 8.83 Å². The van der Waals surface area contributed by atoms with Gasteiger partial charge in [0.2, 0.25) is 0 Å². The number of hydrogen-bond acceptors (Lipinski definition) is 4. The molecule has 0 aliphatic heterocycles. The smallest absolute Gasteiger partial charge is 0.135 e. The zero-order valence-corrected chi connectivity index (χ0v) is 34.2. The van der Waals surface area contributed by atoms with Crippen LogP contribution in [-0.4, -0.2) is 0 Å². The summed E-state index contributed by atoms with van der Waals surface area (Å²) in [4.78, 5) is 4.89. The summed E-state index contributed by atoms with van der Waals surface area (Å²) in [6.45, 7) is 0. The Morgan fingerprint density at radius 1 is 0.339 bits per heavy atom. The Bertz CT molecular complexity index is 3410. The Labute approximate surface area is 359 Å². The van der Waals surface area contributed by atoms with Crippen LogP contribution in [-0.2, 0) is 0 Å². The molecule has 0 amide bonds. The minimum absolute atomic E-state index is 0.613. The third-order valence-electron chi connectivity index (χ3n) is 13.5. The summed E-state index contributed by atoms with van der Waals surface area (Å²) in [5.41, 5.74) is 11.5. The first-order valence-corrected chi connectivity index (χ1v) is 22.0. The van der Waals surface area contributed by atoms with Crippen LogP contribution in [0, 0.1) is 0 Å². The first-order valence-electron chi connectivity index (χ1n) is 22.0. The van der Waals surface area contributed by atoms with Gasteiger partial charge >= 0.3 is 0 Å². The first kappa shape index (κ1) is 35.2. The Hall–Kier alpha value is -7.56. The quantitative estimate of drug-likeness (QED) is 0.150. The Balaban J connectivity index is 1.13. The molecule has 13 rings (SSSR count). The van der Waals surface area contributed by atoms with Crippen molar-refractivity contribution in [2.75, 3.05) is 9.80 Å². The molecule has 0 atom stereocenters. The molecule has 1 fully saturated rings. The van der Waals surface area contributed by atoms with Crippen LogP contribution in [0.25, 0.3) is 76.2 Å². The van der Waals surface area contributed by atoms with Crippen molar-refractivity contribution in [2.45, 2.75) is 38.0 Å².